The maximum Gasteiger partial charge on any atom is 0.335 e. The molecule has 6 rings (SSSR count). The number of carbonyl (C=O) groups excluding carboxylic acids is 4. The molecule has 0 aliphatic carbocycles. The molecule has 4 atom stereocenters. The van der Waals surface area contributed by atoms with E-state index in [0.29, 0.717) is 28.3 Å². The third-order valence-electron chi connectivity index (χ3n) is 9.95. The van der Waals surface area contributed by atoms with Crippen LogP contribution in [0, 0.1) is 12.3 Å². The summed E-state index contributed by atoms with van der Waals surface area (Å²) in [4.78, 5) is 67.3. The lowest BCUT2D eigenvalue weighted by molar-refractivity contribution is -0.138. The van der Waals surface area contributed by atoms with Gasteiger partial charge in [0.25, 0.3) is 0 Å². The number of carboxylic acids is 1. The summed E-state index contributed by atoms with van der Waals surface area (Å²) in [6, 6.07) is 14.7. The van der Waals surface area contributed by atoms with Gasteiger partial charge in [0.2, 0.25) is 23.6 Å². The predicted molar refractivity (Wildman–Crippen MR) is 204 cm³/mol. The standard InChI is InChI=1S/C40H44N8O10/c1-23-10-31(57-45-23)14-37(51)48-21-33(13-35(48)39(53)44-19-25-4-8-27(9-5-25)40(54)55)56-22-29-11-32(58-46-29)15-36(50)47-20-30(49)12-34(47)38(52)43-18-24-2-6-26(7-3-24)28(16-41)17-42/h2-11,16-17,30,33-35,41,49H,12-15,18-22,42H2,1H3,(H,43,52)(H,44,53)(H,54,55)/b28-17+,41-16?/t30-,33-,34+,35+/m1/s1. The lowest BCUT2D eigenvalue weighted by Gasteiger charge is -2.23. The third-order valence-corrected chi connectivity index (χ3v) is 9.95. The van der Waals surface area contributed by atoms with Crippen molar-refractivity contribution in [1.82, 2.24) is 30.7 Å². The van der Waals surface area contributed by atoms with Crippen molar-refractivity contribution in [3.8, 4) is 0 Å². The number of carbonyl (C=O) groups is 5. The average molecular weight is 797 g/mol. The Morgan fingerprint density at radius 2 is 1.40 bits per heavy atom. The zero-order chi connectivity index (χ0) is 41.3. The number of rotatable bonds is 16. The minimum absolute atomic E-state index is 0.0216. The van der Waals surface area contributed by atoms with Crippen LogP contribution in [0.5, 0.6) is 0 Å². The second-order valence-corrected chi connectivity index (χ2v) is 14.2. The highest BCUT2D eigenvalue weighted by Crippen LogP contribution is 2.25. The molecular formula is C40H44N8O10. The van der Waals surface area contributed by atoms with E-state index in [2.05, 4.69) is 20.9 Å². The minimum Gasteiger partial charge on any atom is -0.478 e. The lowest BCUT2D eigenvalue weighted by Crippen LogP contribution is -2.46. The van der Waals surface area contributed by atoms with E-state index in [-0.39, 0.29) is 75.7 Å². The number of aliphatic hydroxyl groups excluding tert-OH is 1. The van der Waals surface area contributed by atoms with E-state index in [1.165, 1.54) is 28.1 Å². The number of β-amino-alcohol motifs (C(OH)–C–C–N with tert-alkyl or cyclic N) is 1. The maximum atomic E-state index is 13.4. The Kier molecular flexibility index (Phi) is 13.1. The summed E-state index contributed by atoms with van der Waals surface area (Å²) in [7, 11) is 0. The van der Waals surface area contributed by atoms with Gasteiger partial charge >= 0.3 is 5.97 Å². The van der Waals surface area contributed by atoms with Crippen molar-refractivity contribution in [1.29, 1.82) is 5.41 Å². The number of amides is 4. The second-order valence-electron chi connectivity index (χ2n) is 14.2. The molecule has 2 aliphatic heterocycles. The van der Waals surface area contributed by atoms with Gasteiger partial charge in [-0.3, -0.25) is 19.2 Å². The number of aryl methyl sites for hydroxylation is 1. The van der Waals surface area contributed by atoms with Crippen LogP contribution in [0.1, 0.15) is 62.8 Å². The highest BCUT2D eigenvalue weighted by atomic mass is 16.5. The van der Waals surface area contributed by atoms with E-state index >= 15 is 0 Å². The van der Waals surface area contributed by atoms with Gasteiger partial charge in [-0.1, -0.05) is 46.7 Å². The molecule has 2 aliphatic rings. The molecule has 304 valence electrons. The Balaban J connectivity index is 1.02. The van der Waals surface area contributed by atoms with E-state index in [9.17, 15) is 29.1 Å². The monoisotopic (exact) mass is 796 g/mol. The summed E-state index contributed by atoms with van der Waals surface area (Å²) in [6.45, 7) is 2.07. The van der Waals surface area contributed by atoms with Gasteiger partial charge in [-0.05, 0) is 35.7 Å². The first kappa shape index (κ1) is 41.0. The summed E-state index contributed by atoms with van der Waals surface area (Å²) in [6.07, 6.45) is 0.974. The summed E-state index contributed by atoms with van der Waals surface area (Å²) in [5.41, 5.74) is 9.44. The Bertz CT molecular complexity index is 2160. The number of nitrogens with zero attached hydrogens (tertiary/aromatic N) is 4. The van der Waals surface area contributed by atoms with Gasteiger partial charge in [-0.15, -0.1) is 0 Å². The number of nitrogens with two attached hydrogens (primary N) is 1. The summed E-state index contributed by atoms with van der Waals surface area (Å²) in [5, 5.41) is 40.5. The van der Waals surface area contributed by atoms with Crippen LogP contribution in [0.4, 0.5) is 0 Å². The topological polar surface area (TPSA) is 268 Å². The molecule has 0 bridgehead atoms. The number of hydrogen-bond donors (Lipinski definition) is 6. The summed E-state index contributed by atoms with van der Waals surface area (Å²) < 4.78 is 16.7. The molecule has 0 spiro atoms. The fourth-order valence-electron chi connectivity index (χ4n) is 6.91. The first-order chi connectivity index (χ1) is 27.9. The largest absolute Gasteiger partial charge is 0.478 e. The van der Waals surface area contributed by atoms with Gasteiger partial charge < -0.3 is 55.6 Å². The van der Waals surface area contributed by atoms with Crippen molar-refractivity contribution >= 4 is 41.4 Å². The van der Waals surface area contributed by atoms with Crippen molar-refractivity contribution in [2.75, 3.05) is 13.1 Å². The molecule has 4 amide bonds. The fraction of sp³-hybridized carbons (Fsp3) is 0.350. The number of likely N-dealkylation sites (tertiary alicyclic amines) is 2. The van der Waals surface area contributed by atoms with Crippen LogP contribution in [0.25, 0.3) is 5.57 Å². The van der Waals surface area contributed by atoms with Gasteiger partial charge in [0, 0.05) is 69.1 Å². The second kappa shape index (κ2) is 18.5. The van der Waals surface area contributed by atoms with Crippen molar-refractivity contribution in [3.05, 3.63) is 112 Å². The molecule has 0 saturated carbocycles. The van der Waals surface area contributed by atoms with Gasteiger partial charge in [0.05, 0.1) is 42.9 Å². The predicted octanol–water partition coefficient (Wildman–Crippen LogP) is 1.48. The number of benzene rings is 2. The van der Waals surface area contributed by atoms with Crippen molar-refractivity contribution in [3.63, 3.8) is 0 Å². The molecule has 58 heavy (non-hydrogen) atoms. The van der Waals surface area contributed by atoms with Gasteiger partial charge in [-0.2, -0.15) is 0 Å². The molecule has 2 aromatic carbocycles. The van der Waals surface area contributed by atoms with Crippen molar-refractivity contribution in [2.24, 2.45) is 5.73 Å². The zero-order valence-corrected chi connectivity index (χ0v) is 31.6. The van der Waals surface area contributed by atoms with Gasteiger partial charge in [0.15, 0.2) is 0 Å². The minimum atomic E-state index is -1.06. The number of carboxylic acid groups (broad SMARTS) is 1. The number of aromatic nitrogens is 2. The molecule has 0 unspecified atom stereocenters. The Morgan fingerprint density at radius 1 is 0.845 bits per heavy atom. The molecule has 4 heterocycles. The van der Waals surface area contributed by atoms with E-state index < -0.39 is 48.0 Å². The molecule has 2 fully saturated rings. The Hall–Kier alpha value is -6.66. The number of ether oxygens (including phenoxy) is 1. The van der Waals surface area contributed by atoms with Gasteiger partial charge in [-0.25, -0.2) is 4.79 Å². The maximum absolute atomic E-state index is 13.4. The normalized spacial score (nSPS) is 19.2. The van der Waals surface area contributed by atoms with E-state index in [1.54, 1.807) is 55.5 Å². The zero-order valence-electron chi connectivity index (χ0n) is 31.6. The smallest absolute Gasteiger partial charge is 0.335 e. The molecule has 2 saturated heterocycles. The Morgan fingerprint density at radius 3 is 1.95 bits per heavy atom. The SMILES string of the molecule is Cc1cc(CC(=O)N2C[C@H](OCc3cc(CC(=O)N4C[C@H](O)C[C@H]4C(=O)NCc4ccc(/C(C=N)=C/N)cc4)on3)C[C@H]2C(=O)NCc2ccc(C(=O)O)cc2)on1. The van der Waals surface area contributed by atoms with E-state index in [1.807, 2.05) is 0 Å². The summed E-state index contributed by atoms with van der Waals surface area (Å²) in [5.74, 6) is -2.10. The number of nitrogens with one attached hydrogen (secondary N) is 3. The molecule has 0 radical (unpaired) electrons. The van der Waals surface area contributed by atoms with Gasteiger partial charge in [0.1, 0.15) is 29.3 Å². The number of hydrogen-bond acceptors (Lipinski definition) is 13. The Labute approximate surface area is 332 Å². The van der Waals surface area contributed by atoms with Crippen molar-refractivity contribution < 1.29 is 48.0 Å². The highest BCUT2D eigenvalue weighted by molar-refractivity contribution is 6.08. The van der Waals surface area contributed by atoms with Crippen LogP contribution in [0.3, 0.4) is 0 Å². The lowest BCUT2D eigenvalue weighted by atomic mass is 10.1. The third kappa shape index (κ3) is 10.2. The highest BCUT2D eigenvalue weighted by Gasteiger charge is 2.41. The first-order valence-corrected chi connectivity index (χ1v) is 18.5. The number of aliphatic hydroxyl groups is 1. The fourth-order valence-corrected chi connectivity index (χ4v) is 6.91. The van der Waals surface area contributed by atoms with Crippen molar-refractivity contribution in [2.45, 2.75) is 76.6 Å². The van der Waals surface area contributed by atoms with Crippen LogP contribution in [0.2, 0.25) is 0 Å². The van der Waals surface area contributed by atoms with Crippen LogP contribution >= 0.6 is 0 Å². The molecule has 18 heteroatoms. The van der Waals surface area contributed by atoms with Crippen LogP contribution in [-0.2, 0) is 56.5 Å². The van der Waals surface area contributed by atoms with Crippen LogP contribution in [0.15, 0.2) is 75.9 Å². The van der Waals surface area contributed by atoms with Crippen LogP contribution < -0.4 is 16.4 Å². The van der Waals surface area contributed by atoms with Crippen LogP contribution in [-0.4, -0.2) is 104 Å². The van der Waals surface area contributed by atoms with E-state index in [0.717, 1.165) is 17.3 Å². The number of aromatic carboxylic acids is 1. The summed E-state index contributed by atoms with van der Waals surface area (Å²) >= 11 is 0. The quantitative estimate of drug-likeness (QED) is 0.0879. The molecular weight excluding hydrogens is 752 g/mol. The molecule has 2 aromatic heterocycles. The van der Waals surface area contributed by atoms with E-state index in [4.69, 9.17) is 30.0 Å². The molecule has 7 N–H and O–H groups in total. The average Bonchev–Trinajstić information content (AvgIpc) is 4.03. The number of allylic oxidation sites excluding steroid dienone is 1. The first-order valence-electron chi connectivity index (χ1n) is 18.5. The molecule has 4 aromatic rings. The molecule has 18 nitrogen and oxygen atoms in total.